The van der Waals surface area contributed by atoms with E-state index in [1.807, 2.05) is 13.0 Å². The highest BCUT2D eigenvalue weighted by molar-refractivity contribution is 6.04. The van der Waals surface area contributed by atoms with E-state index >= 15 is 0 Å². The summed E-state index contributed by atoms with van der Waals surface area (Å²) < 4.78 is 5.76. The van der Waals surface area contributed by atoms with E-state index in [4.69, 9.17) is 4.74 Å². The van der Waals surface area contributed by atoms with Crippen LogP contribution in [0, 0.1) is 26.2 Å². The fourth-order valence-electron chi connectivity index (χ4n) is 3.31. The van der Waals surface area contributed by atoms with E-state index in [1.165, 1.54) is 11.1 Å². The maximum Gasteiger partial charge on any atom is 0.194 e. The summed E-state index contributed by atoms with van der Waals surface area (Å²) in [6, 6.07) is 4.15. The Bertz CT molecular complexity index is 545. The van der Waals surface area contributed by atoms with Crippen LogP contribution >= 0.6 is 0 Å². The molecule has 2 rings (SSSR count). The van der Waals surface area contributed by atoms with Gasteiger partial charge in [0.05, 0.1) is 0 Å². The minimum absolute atomic E-state index is 0.168. The maximum atomic E-state index is 13.1. The van der Waals surface area contributed by atoms with Crippen LogP contribution in [0.5, 0.6) is 0 Å². The smallest absolute Gasteiger partial charge is 0.194 e. The molecule has 0 amide bonds. The largest absolute Gasteiger partial charge is 0.370 e. The van der Waals surface area contributed by atoms with Gasteiger partial charge in [-0.15, -0.1) is 0 Å². The molecule has 0 aromatic heterocycles. The second kappa shape index (κ2) is 5.57. The van der Waals surface area contributed by atoms with Crippen molar-refractivity contribution in [3.05, 3.63) is 34.4 Å². The molecule has 0 saturated heterocycles. The highest BCUT2D eigenvalue weighted by Crippen LogP contribution is 2.43. The van der Waals surface area contributed by atoms with Crippen LogP contribution in [-0.4, -0.2) is 18.5 Å². The van der Waals surface area contributed by atoms with E-state index in [2.05, 4.69) is 33.8 Å². The number of hydrogen-bond acceptors (Lipinski definition) is 2. The number of hydrogen-bond donors (Lipinski definition) is 0. The van der Waals surface area contributed by atoms with Gasteiger partial charge in [-0.25, -0.2) is 0 Å². The lowest BCUT2D eigenvalue weighted by atomic mass is 9.68. The Morgan fingerprint density at radius 3 is 2.00 bits per heavy atom. The molecule has 2 heteroatoms. The quantitative estimate of drug-likeness (QED) is 0.748. The number of ether oxygens (including phenoxy) is 1. The molecule has 1 aromatic rings. The van der Waals surface area contributed by atoms with Gasteiger partial charge >= 0.3 is 0 Å². The molecule has 1 fully saturated rings. The third-order valence-electron chi connectivity index (χ3n) is 5.30. The highest BCUT2D eigenvalue weighted by Gasteiger charge is 2.44. The molecule has 0 atom stereocenters. The van der Waals surface area contributed by atoms with Gasteiger partial charge in [0.1, 0.15) is 5.60 Å². The van der Waals surface area contributed by atoms with Crippen LogP contribution in [0.1, 0.15) is 66.6 Å². The van der Waals surface area contributed by atoms with E-state index in [0.29, 0.717) is 5.41 Å². The van der Waals surface area contributed by atoms with Crippen molar-refractivity contribution in [2.24, 2.45) is 5.41 Å². The number of Topliss-reactive ketones (excluding diaryl/α,β-unsaturated/α-hetero) is 1. The number of methoxy groups -OCH3 is 1. The molecule has 1 aliphatic rings. The van der Waals surface area contributed by atoms with Crippen molar-refractivity contribution in [3.8, 4) is 0 Å². The van der Waals surface area contributed by atoms with Crippen molar-refractivity contribution in [2.75, 3.05) is 7.11 Å². The van der Waals surface area contributed by atoms with Crippen LogP contribution in [-0.2, 0) is 4.74 Å². The zero-order valence-electron chi connectivity index (χ0n) is 14.3. The van der Waals surface area contributed by atoms with Crippen LogP contribution in [0.2, 0.25) is 0 Å². The van der Waals surface area contributed by atoms with Gasteiger partial charge in [-0.2, -0.15) is 0 Å². The summed E-state index contributed by atoms with van der Waals surface area (Å²) in [6.07, 6.45) is 3.72. The molecule has 0 radical (unpaired) electrons. The first kappa shape index (κ1) is 16.2. The maximum absolute atomic E-state index is 13.1. The van der Waals surface area contributed by atoms with Crippen LogP contribution < -0.4 is 0 Å². The number of ketones is 1. The van der Waals surface area contributed by atoms with Gasteiger partial charge in [0.2, 0.25) is 0 Å². The molecular formula is C19H28O2. The number of carbonyl (C=O) groups is 1. The van der Waals surface area contributed by atoms with Crippen molar-refractivity contribution >= 4 is 5.78 Å². The van der Waals surface area contributed by atoms with Crippen molar-refractivity contribution in [1.82, 2.24) is 0 Å². The van der Waals surface area contributed by atoms with E-state index in [1.54, 1.807) is 7.11 Å². The molecule has 116 valence electrons. The normalized spacial score (nSPS) is 20.3. The third-order valence-corrected chi connectivity index (χ3v) is 5.30. The SMILES string of the molecule is COC1(C(=O)c2cc(C)c(C)cc2C)CCC(C)(C)CC1. The molecule has 21 heavy (non-hydrogen) atoms. The average Bonchev–Trinajstić information content (AvgIpc) is 2.43. The van der Waals surface area contributed by atoms with E-state index in [9.17, 15) is 4.79 Å². The number of carbonyl (C=O) groups excluding carboxylic acids is 1. The van der Waals surface area contributed by atoms with Gasteiger partial charge in [-0.1, -0.05) is 19.9 Å². The van der Waals surface area contributed by atoms with Crippen molar-refractivity contribution in [2.45, 2.75) is 65.9 Å². The van der Waals surface area contributed by atoms with E-state index in [0.717, 1.165) is 36.8 Å². The highest BCUT2D eigenvalue weighted by atomic mass is 16.5. The summed E-state index contributed by atoms with van der Waals surface area (Å²) >= 11 is 0. The summed E-state index contributed by atoms with van der Waals surface area (Å²) in [5.41, 5.74) is 4.00. The topological polar surface area (TPSA) is 26.3 Å². The standard InChI is InChI=1S/C19H28O2/c1-13-11-15(3)16(12-14(13)2)17(20)19(21-6)9-7-18(4,5)8-10-19/h11-12H,7-10H2,1-6H3. The molecule has 1 aliphatic carbocycles. The lowest BCUT2D eigenvalue weighted by Crippen LogP contribution is -2.46. The summed E-state index contributed by atoms with van der Waals surface area (Å²) in [7, 11) is 1.69. The fourth-order valence-corrected chi connectivity index (χ4v) is 3.31. The second-order valence-electron chi connectivity index (χ2n) is 7.44. The first-order chi connectivity index (χ1) is 9.71. The van der Waals surface area contributed by atoms with Crippen molar-refractivity contribution < 1.29 is 9.53 Å². The summed E-state index contributed by atoms with van der Waals surface area (Å²) in [4.78, 5) is 13.1. The van der Waals surface area contributed by atoms with Gasteiger partial charge in [0.15, 0.2) is 5.78 Å². The zero-order valence-corrected chi connectivity index (χ0v) is 14.3. The predicted octanol–water partition coefficient (Wildman–Crippen LogP) is 4.78. The molecule has 0 aliphatic heterocycles. The van der Waals surface area contributed by atoms with E-state index in [-0.39, 0.29) is 5.78 Å². The van der Waals surface area contributed by atoms with Gasteiger partial charge in [0, 0.05) is 12.7 Å². The summed E-state index contributed by atoms with van der Waals surface area (Å²) in [6.45, 7) is 10.7. The van der Waals surface area contributed by atoms with Crippen LogP contribution in [0.4, 0.5) is 0 Å². The minimum Gasteiger partial charge on any atom is -0.370 e. The summed E-state index contributed by atoms with van der Waals surface area (Å²) in [5.74, 6) is 0.168. The third kappa shape index (κ3) is 3.06. The Labute approximate surface area is 128 Å². The second-order valence-corrected chi connectivity index (χ2v) is 7.44. The lowest BCUT2D eigenvalue weighted by molar-refractivity contribution is -0.0383. The molecule has 2 nitrogen and oxygen atoms in total. The van der Waals surface area contributed by atoms with E-state index < -0.39 is 5.60 Å². The van der Waals surface area contributed by atoms with Gasteiger partial charge in [0.25, 0.3) is 0 Å². The monoisotopic (exact) mass is 288 g/mol. The molecule has 0 N–H and O–H groups in total. The average molecular weight is 288 g/mol. The van der Waals surface area contributed by atoms with Crippen LogP contribution in [0.3, 0.4) is 0 Å². The zero-order chi connectivity index (χ0) is 15.8. The van der Waals surface area contributed by atoms with Crippen molar-refractivity contribution in [3.63, 3.8) is 0 Å². The molecule has 0 unspecified atom stereocenters. The Morgan fingerprint density at radius 2 is 1.48 bits per heavy atom. The lowest BCUT2D eigenvalue weighted by Gasteiger charge is -2.41. The molecule has 1 aromatic carbocycles. The number of aryl methyl sites for hydroxylation is 3. The van der Waals surface area contributed by atoms with Gasteiger partial charge in [-0.3, -0.25) is 4.79 Å². The fraction of sp³-hybridized carbons (Fsp3) is 0.632. The van der Waals surface area contributed by atoms with Crippen LogP contribution in [0.25, 0.3) is 0 Å². The molecule has 0 heterocycles. The van der Waals surface area contributed by atoms with Crippen LogP contribution in [0.15, 0.2) is 12.1 Å². The van der Waals surface area contributed by atoms with Crippen molar-refractivity contribution in [1.29, 1.82) is 0 Å². The minimum atomic E-state index is -0.623. The first-order valence-corrected chi connectivity index (χ1v) is 7.89. The van der Waals surface area contributed by atoms with Gasteiger partial charge < -0.3 is 4.74 Å². The molecule has 1 saturated carbocycles. The van der Waals surface area contributed by atoms with Gasteiger partial charge in [-0.05, 0) is 74.6 Å². The Kier molecular flexibility index (Phi) is 4.30. The first-order valence-electron chi connectivity index (χ1n) is 7.89. The number of rotatable bonds is 3. The summed E-state index contributed by atoms with van der Waals surface area (Å²) in [5, 5.41) is 0. The molecule has 0 spiro atoms. The Morgan fingerprint density at radius 1 is 0.952 bits per heavy atom. The molecule has 0 bridgehead atoms. The Balaban J connectivity index is 2.36. The predicted molar refractivity (Wildman–Crippen MR) is 87.0 cm³/mol. The number of benzene rings is 1. The Hall–Kier alpha value is -1.15. The molecular weight excluding hydrogens is 260 g/mol.